The summed E-state index contributed by atoms with van der Waals surface area (Å²) < 4.78 is 46.8. The van der Waals surface area contributed by atoms with E-state index < -0.39 is 36.0 Å². The second-order valence-corrected chi connectivity index (χ2v) is 9.74. The Hall–Kier alpha value is -3.32. The fourth-order valence-electron chi connectivity index (χ4n) is 2.24. The number of hydrogen-bond acceptors (Lipinski definition) is 10. The van der Waals surface area contributed by atoms with Crippen molar-refractivity contribution in [2.45, 2.75) is 10.3 Å². The maximum Gasteiger partial charge on any atom is 0.335 e. The molecule has 0 fully saturated rings. The smallest absolute Gasteiger partial charge is 0.335 e. The summed E-state index contributed by atoms with van der Waals surface area (Å²) in [7, 11) is -7.40. The number of sulfone groups is 2. The van der Waals surface area contributed by atoms with Crippen LogP contribution >= 0.6 is 0 Å². The molecular formula is C16H13N5O6S2. The van der Waals surface area contributed by atoms with Crippen molar-refractivity contribution in [3.63, 3.8) is 0 Å². The first kappa shape index (κ1) is 20.4. The third-order valence-corrected chi connectivity index (χ3v) is 5.25. The van der Waals surface area contributed by atoms with E-state index in [0.29, 0.717) is 0 Å². The van der Waals surface area contributed by atoms with Crippen molar-refractivity contribution in [2.75, 3.05) is 12.5 Å². The minimum atomic E-state index is -3.70. The van der Waals surface area contributed by atoms with E-state index in [4.69, 9.17) is 0 Å². The van der Waals surface area contributed by atoms with E-state index in [1.54, 1.807) is 0 Å². The first-order valence-corrected chi connectivity index (χ1v) is 11.6. The molecule has 3 heterocycles. The van der Waals surface area contributed by atoms with E-state index in [-0.39, 0.29) is 28.3 Å². The van der Waals surface area contributed by atoms with Crippen LogP contribution in [0, 0.1) is 0 Å². The average Bonchev–Trinajstić information content (AvgIpc) is 2.66. The minimum absolute atomic E-state index is 0.0479. The van der Waals surface area contributed by atoms with Crippen LogP contribution in [-0.4, -0.2) is 65.3 Å². The predicted molar refractivity (Wildman–Crippen MR) is 99.5 cm³/mol. The van der Waals surface area contributed by atoms with Gasteiger partial charge < -0.3 is 5.11 Å². The molecule has 3 rings (SSSR count). The third kappa shape index (κ3) is 4.57. The van der Waals surface area contributed by atoms with E-state index in [9.17, 15) is 26.7 Å². The zero-order chi connectivity index (χ0) is 21.4. The maximum absolute atomic E-state index is 11.7. The summed E-state index contributed by atoms with van der Waals surface area (Å²) in [5.74, 6) is -1.27. The van der Waals surface area contributed by atoms with E-state index in [1.807, 2.05) is 0 Å². The lowest BCUT2D eigenvalue weighted by Gasteiger charge is -2.08. The summed E-state index contributed by atoms with van der Waals surface area (Å²) in [6, 6.07) is 5.15. The van der Waals surface area contributed by atoms with Crippen molar-refractivity contribution < 1.29 is 26.7 Å². The molecule has 0 unspecified atom stereocenters. The van der Waals surface area contributed by atoms with Crippen molar-refractivity contribution in [3.05, 3.63) is 42.2 Å². The number of carboxylic acids is 1. The van der Waals surface area contributed by atoms with Crippen molar-refractivity contribution in [1.82, 2.24) is 24.9 Å². The number of carboxylic acid groups (broad SMARTS) is 1. The molecule has 0 spiro atoms. The van der Waals surface area contributed by atoms with Crippen molar-refractivity contribution in [3.8, 4) is 22.8 Å². The highest BCUT2D eigenvalue weighted by Gasteiger charge is 2.18. The predicted octanol–water partition coefficient (Wildman–Crippen LogP) is 0.501. The van der Waals surface area contributed by atoms with Gasteiger partial charge in [0.15, 0.2) is 0 Å². The highest BCUT2D eigenvalue weighted by atomic mass is 32.2. The van der Waals surface area contributed by atoms with Crippen LogP contribution in [0.3, 0.4) is 0 Å². The van der Waals surface area contributed by atoms with Gasteiger partial charge in [0, 0.05) is 24.9 Å². The lowest BCUT2D eigenvalue weighted by Crippen LogP contribution is -2.07. The van der Waals surface area contributed by atoms with Crippen molar-refractivity contribution in [2.24, 2.45) is 0 Å². The molecule has 0 amide bonds. The number of aromatic nitrogens is 5. The molecule has 0 saturated carbocycles. The zero-order valence-electron chi connectivity index (χ0n) is 15.0. The van der Waals surface area contributed by atoms with Crippen LogP contribution in [-0.2, 0) is 19.7 Å². The normalized spacial score (nSPS) is 11.9. The quantitative estimate of drug-likeness (QED) is 0.553. The minimum Gasteiger partial charge on any atom is -0.478 e. The van der Waals surface area contributed by atoms with Crippen LogP contribution < -0.4 is 0 Å². The van der Waals surface area contributed by atoms with Crippen LogP contribution in [0.1, 0.15) is 10.4 Å². The second kappa shape index (κ2) is 7.25. The van der Waals surface area contributed by atoms with Crippen LogP contribution in [0.2, 0.25) is 0 Å². The summed E-state index contributed by atoms with van der Waals surface area (Å²) in [6.07, 6.45) is 4.29. The molecule has 1 N–H and O–H groups in total. The van der Waals surface area contributed by atoms with Gasteiger partial charge in [0.25, 0.3) is 0 Å². The van der Waals surface area contributed by atoms with Crippen molar-refractivity contribution >= 4 is 25.6 Å². The van der Waals surface area contributed by atoms with Gasteiger partial charge in [-0.05, 0) is 24.3 Å². The molecule has 3 aromatic heterocycles. The number of hydrogen-bond donors (Lipinski definition) is 1. The lowest BCUT2D eigenvalue weighted by molar-refractivity contribution is 0.0697. The monoisotopic (exact) mass is 435 g/mol. The Morgan fingerprint density at radius 2 is 1.17 bits per heavy atom. The van der Waals surface area contributed by atoms with E-state index >= 15 is 0 Å². The van der Waals surface area contributed by atoms with Crippen molar-refractivity contribution in [1.29, 1.82) is 0 Å². The number of nitrogens with zero attached hydrogens (tertiary/aromatic N) is 5. The molecule has 0 bridgehead atoms. The van der Waals surface area contributed by atoms with E-state index in [0.717, 1.165) is 12.5 Å². The average molecular weight is 435 g/mol. The Morgan fingerprint density at radius 3 is 1.52 bits per heavy atom. The maximum atomic E-state index is 11.7. The van der Waals surface area contributed by atoms with Gasteiger partial charge in [-0.3, -0.25) is 0 Å². The summed E-state index contributed by atoms with van der Waals surface area (Å²) in [5, 5.41) is 8.52. The van der Waals surface area contributed by atoms with Crippen LogP contribution in [0.4, 0.5) is 0 Å². The van der Waals surface area contributed by atoms with Gasteiger partial charge in [-0.25, -0.2) is 46.6 Å². The van der Waals surface area contributed by atoms with Gasteiger partial charge in [-0.15, -0.1) is 0 Å². The van der Waals surface area contributed by atoms with E-state index in [2.05, 4.69) is 24.9 Å². The third-order valence-electron chi connectivity index (χ3n) is 3.53. The number of aromatic carboxylic acids is 1. The molecular weight excluding hydrogens is 422 g/mol. The standard InChI is InChI=1S/C16H13N5O6S2/c1-28(24,25)15-17-5-3-10(20-15)12-7-9(14(22)23)8-13(19-12)11-4-6-18-16(21-11)29(2,26)27/h3-8H,1-2H3,(H,22,23). The number of carbonyl (C=O) groups is 1. The zero-order valence-corrected chi connectivity index (χ0v) is 16.6. The summed E-state index contributed by atoms with van der Waals surface area (Å²) >= 11 is 0. The van der Waals surface area contributed by atoms with Crippen LogP contribution in [0.25, 0.3) is 22.8 Å². The fraction of sp³-hybridized carbons (Fsp3) is 0.125. The summed E-state index contributed by atoms with van der Waals surface area (Å²) in [4.78, 5) is 31.0. The molecule has 0 radical (unpaired) electrons. The Morgan fingerprint density at radius 1 is 0.759 bits per heavy atom. The van der Waals surface area contributed by atoms with Crippen LogP contribution in [0.5, 0.6) is 0 Å². The van der Waals surface area contributed by atoms with E-state index in [1.165, 1.54) is 36.7 Å². The molecule has 29 heavy (non-hydrogen) atoms. The molecule has 0 aromatic carbocycles. The molecule has 0 aliphatic heterocycles. The Bertz CT molecular complexity index is 1250. The van der Waals surface area contributed by atoms with Crippen LogP contribution in [0.15, 0.2) is 47.0 Å². The first-order chi connectivity index (χ1) is 13.4. The number of rotatable bonds is 5. The van der Waals surface area contributed by atoms with Gasteiger partial charge in [0.05, 0.1) is 28.3 Å². The Labute approximate surface area is 165 Å². The molecule has 0 aliphatic carbocycles. The first-order valence-electron chi connectivity index (χ1n) is 7.77. The van der Waals surface area contributed by atoms with Gasteiger partial charge in [0.2, 0.25) is 30.0 Å². The molecule has 0 aliphatic rings. The second-order valence-electron chi connectivity index (χ2n) is 5.92. The fourth-order valence-corrected chi connectivity index (χ4v) is 3.27. The Balaban J connectivity index is 2.22. The Kier molecular flexibility index (Phi) is 5.11. The van der Waals surface area contributed by atoms with Gasteiger partial charge in [-0.2, -0.15) is 0 Å². The lowest BCUT2D eigenvalue weighted by atomic mass is 10.1. The summed E-state index contributed by atoms with van der Waals surface area (Å²) in [5.41, 5.74) is 0.0619. The topological polar surface area (TPSA) is 170 Å². The molecule has 13 heteroatoms. The summed E-state index contributed by atoms with van der Waals surface area (Å²) in [6.45, 7) is 0. The molecule has 0 saturated heterocycles. The van der Waals surface area contributed by atoms with Gasteiger partial charge in [0.1, 0.15) is 0 Å². The SMILES string of the molecule is CS(=O)(=O)c1nccc(-c2cc(C(=O)O)cc(-c3ccnc(S(C)(=O)=O)n3)n2)n1. The molecule has 11 nitrogen and oxygen atoms in total. The molecule has 3 aromatic rings. The largest absolute Gasteiger partial charge is 0.478 e. The molecule has 150 valence electrons. The highest BCUT2D eigenvalue weighted by Crippen LogP contribution is 2.23. The molecule has 0 atom stereocenters. The number of pyridine rings is 1. The highest BCUT2D eigenvalue weighted by molar-refractivity contribution is 7.90. The van der Waals surface area contributed by atoms with Gasteiger partial charge in [-0.1, -0.05) is 0 Å². The van der Waals surface area contributed by atoms with Gasteiger partial charge >= 0.3 is 5.97 Å².